The first-order chi connectivity index (χ1) is 25.4. The molecule has 1 aromatic heterocycles. The molecule has 2 fully saturated rings. The second-order valence-electron chi connectivity index (χ2n) is 14.3. The van der Waals surface area contributed by atoms with E-state index in [0.29, 0.717) is 25.1 Å². The van der Waals surface area contributed by atoms with Crippen molar-refractivity contribution in [3.8, 4) is 5.19 Å². The molecule has 0 aliphatic carbocycles. The number of benzene rings is 2. The first kappa shape index (κ1) is 39.3. The second-order valence-corrected chi connectivity index (χ2v) is 15.1. The van der Waals surface area contributed by atoms with Crippen molar-refractivity contribution in [1.82, 2.24) is 25.8 Å². The molecule has 14 heteroatoms. The van der Waals surface area contributed by atoms with E-state index in [1.54, 1.807) is 12.3 Å². The van der Waals surface area contributed by atoms with Crippen molar-refractivity contribution in [3.05, 3.63) is 82.9 Å². The molecule has 0 spiro atoms. The minimum atomic E-state index is -0.985. The Morgan fingerprint density at radius 1 is 1.02 bits per heavy atom. The van der Waals surface area contributed by atoms with Crippen molar-refractivity contribution in [2.75, 3.05) is 6.61 Å². The van der Waals surface area contributed by atoms with E-state index in [-0.39, 0.29) is 49.1 Å². The number of thiazole rings is 1. The van der Waals surface area contributed by atoms with Gasteiger partial charge in [0.25, 0.3) is 11.7 Å². The molecular formula is C39H47N5O8S. The molecule has 0 saturated carbocycles. The zero-order chi connectivity index (χ0) is 38.1. The monoisotopic (exact) mass is 745 g/mol. The third-order valence-electron chi connectivity index (χ3n) is 9.51. The summed E-state index contributed by atoms with van der Waals surface area (Å²) in [6, 6.07) is 14.7. The first-order valence-corrected chi connectivity index (χ1v) is 18.8. The number of likely N-dealkylation sites (tertiary alicyclic amines) is 1. The normalized spacial score (nSPS) is 21.0. The van der Waals surface area contributed by atoms with Crippen LogP contribution in [0.5, 0.6) is 5.19 Å². The molecule has 2 saturated heterocycles. The Bertz CT molecular complexity index is 1760. The van der Waals surface area contributed by atoms with Gasteiger partial charge in [-0.2, -0.15) is 0 Å². The number of hydrogen-bond acceptors (Lipinski definition) is 10. The average molecular weight is 746 g/mol. The molecule has 2 aliphatic rings. The number of aromatic nitrogens is 1. The summed E-state index contributed by atoms with van der Waals surface area (Å²) >= 11 is 1.07. The minimum Gasteiger partial charge on any atom is -0.400 e. The molecule has 2 aromatic carbocycles. The number of aryl methyl sites for hydroxylation is 1. The fourth-order valence-electron chi connectivity index (χ4n) is 6.65. The Balaban J connectivity index is 1.32. The Hall–Kier alpha value is -4.95. The average Bonchev–Trinajstić information content (AvgIpc) is 3.63. The van der Waals surface area contributed by atoms with Crippen LogP contribution in [0.15, 0.2) is 66.0 Å². The smallest absolute Gasteiger partial charge is 0.300 e. The van der Waals surface area contributed by atoms with Gasteiger partial charge in [-0.15, -0.1) is 0 Å². The lowest BCUT2D eigenvalue weighted by molar-refractivity contribution is -0.142. The van der Waals surface area contributed by atoms with Crippen molar-refractivity contribution >= 4 is 47.2 Å². The van der Waals surface area contributed by atoms with Crippen LogP contribution in [-0.2, 0) is 52.8 Å². The number of carbonyl (C=O) groups is 6. The largest absolute Gasteiger partial charge is 0.400 e. The number of epoxide rings is 1. The van der Waals surface area contributed by atoms with E-state index in [1.165, 1.54) is 4.90 Å². The van der Waals surface area contributed by atoms with Gasteiger partial charge in [-0.25, -0.2) is 4.98 Å². The maximum atomic E-state index is 14.2. The molecule has 0 radical (unpaired) electrons. The maximum absolute atomic E-state index is 14.2. The quantitative estimate of drug-likeness (QED) is 0.123. The molecule has 6 atom stereocenters. The summed E-state index contributed by atoms with van der Waals surface area (Å²) < 4.78 is 10.2. The molecule has 0 bridgehead atoms. The van der Waals surface area contributed by atoms with Crippen LogP contribution < -0.4 is 20.7 Å². The minimum absolute atomic E-state index is 0.104. The number of ether oxygens (including phenoxy) is 2. The van der Waals surface area contributed by atoms with Crippen molar-refractivity contribution in [3.63, 3.8) is 0 Å². The summed E-state index contributed by atoms with van der Waals surface area (Å²) in [6.07, 6.45) is 1.44. The molecule has 53 heavy (non-hydrogen) atoms. The first-order valence-electron chi connectivity index (χ1n) is 17.9. The molecule has 13 nitrogen and oxygen atoms in total. The third-order valence-corrected chi connectivity index (χ3v) is 10.3. The van der Waals surface area contributed by atoms with Gasteiger partial charge in [0.1, 0.15) is 23.7 Å². The van der Waals surface area contributed by atoms with Crippen LogP contribution >= 0.6 is 11.3 Å². The summed E-state index contributed by atoms with van der Waals surface area (Å²) in [5.41, 5.74) is 1.24. The van der Waals surface area contributed by atoms with Crippen molar-refractivity contribution in [1.29, 1.82) is 0 Å². The number of ketones is 1. The summed E-state index contributed by atoms with van der Waals surface area (Å²) in [7, 11) is 0. The standard InChI is InChI=1S/C39H47N5O8S/c1-24(2)17-30(34(47)39(4)22-52-39)42-36(49)32(19-27-13-9-6-10-14-27)44-25(3)18-31(37(44)50)43-35(48)29(16-15-26-11-7-5-8-12-26)41-33(46)20-28-21-53-38(40-28)51-23-45/h5-14,21,23-25,29-32H,15-20,22H2,1-4H3,(H,41,46)(H,42,49)(H,43,48)/t25?,29-,30-,31-,32-,39?/m0/s1. The molecule has 2 unspecified atom stereocenters. The molecule has 282 valence electrons. The van der Waals surface area contributed by atoms with Gasteiger partial charge < -0.3 is 30.3 Å². The molecular weight excluding hydrogens is 699 g/mol. The highest BCUT2D eigenvalue weighted by Gasteiger charge is 2.51. The van der Waals surface area contributed by atoms with Crippen molar-refractivity contribution in [2.45, 2.75) is 102 Å². The molecule has 3 heterocycles. The highest BCUT2D eigenvalue weighted by Crippen LogP contribution is 2.30. The van der Waals surface area contributed by atoms with E-state index >= 15 is 0 Å². The van der Waals surface area contributed by atoms with E-state index in [1.807, 2.05) is 81.4 Å². The number of nitrogens with one attached hydrogen (secondary N) is 3. The second kappa shape index (κ2) is 17.7. The van der Waals surface area contributed by atoms with Gasteiger partial charge in [0.05, 0.1) is 24.8 Å². The van der Waals surface area contributed by atoms with Gasteiger partial charge in [-0.1, -0.05) is 85.8 Å². The summed E-state index contributed by atoms with van der Waals surface area (Å²) in [6.45, 7) is 8.03. The number of Topliss-reactive ketones (excluding diaryl/α,β-unsaturated/α-hetero) is 1. The van der Waals surface area contributed by atoms with Crippen LogP contribution in [0.3, 0.4) is 0 Å². The van der Waals surface area contributed by atoms with E-state index in [4.69, 9.17) is 9.47 Å². The Labute approximate surface area is 313 Å². The lowest BCUT2D eigenvalue weighted by Crippen LogP contribution is -2.57. The van der Waals surface area contributed by atoms with E-state index in [0.717, 1.165) is 22.5 Å². The van der Waals surface area contributed by atoms with Crippen LogP contribution in [0.25, 0.3) is 0 Å². The van der Waals surface area contributed by atoms with Crippen LogP contribution in [0.2, 0.25) is 0 Å². The lowest BCUT2D eigenvalue weighted by Gasteiger charge is -2.33. The molecule has 2 aliphatic heterocycles. The summed E-state index contributed by atoms with van der Waals surface area (Å²) in [5.74, 6) is -1.97. The third kappa shape index (κ3) is 10.6. The molecule has 3 N–H and O–H groups in total. The molecule has 5 rings (SSSR count). The summed E-state index contributed by atoms with van der Waals surface area (Å²) in [5, 5.41) is 10.3. The van der Waals surface area contributed by atoms with Gasteiger partial charge in [-0.05, 0) is 56.6 Å². The lowest BCUT2D eigenvalue weighted by atomic mass is 9.92. The van der Waals surface area contributed by atoms with E-state index < -0.39 is 59.4 Å². The fraction of sp³-hybridized carbons (Fsp3) is 0.462. The SMILES string of the molecule is CC(C)C[C@H](NC(=O)[C@H](Cc1ccccc1)N1C(=O)[C@@H](NC(=O)[C@H](CCc2ccccc2)NC(=O)Cc2csc(OC=O)n2)CC1C)C(=O)C1(C)CO1. The van der Waals surface area contributed by atoms with Crippen LogP contribution in [0, 0.1) is 5.92 Å². The predicted molar refractivity (Wildman–Crippen MR) is 197 cm³/mol. The highest BCUT2D eigenvalue weighted by molar-refractivity contribution is 7.11. The van der Waals surface area contributed by atoms with Crippen LogP contribution in [0.4, 0.5) is 0 Å². The van der Waals surface area contributed by atoms with Crippen molar-refractivity contribution in [2.24, 2.45) is 5.92 Å². The van der Waals surface area contributed by atoms with Gasteiger partial charge in [0.15, 0.2) is 5.78 Å². The fourth-order valence-corrected chi connectivity index (χ4v) is 7.29. The molecule has 3 aromatic rings. The number of nitrogens with zero attached hydrogens (tertiary/aromatic N) is 2. The topological polar surface area (TPSA) is 176 Å². The van der Waals surface area contributed by atoms with Gasteiger partial charge >= 0.3 is 0 Å². The number of carbonyl (C=O) groups excluding carboxylic acids is 6. The zero-order valence-corrected chi connectivity index (χ0v) is 31.2. The van der Waals surface area contributed by atoms with Gasteiger partial charge in [-0.3, -0.25) is 28.8 Å². The molecule has 4 amide bonds. The Kier molecular flexibility index (Phi) is 13.1. The Morgan fingerprint density at radius 2 is 1.68 bits per heavy atom. The number of rotatable bonds is 19. The van der Waals surface area contributed by atoms with E-state index in [2.05, 4.69) is 20.9 Å². The number of amides is 4. The van der Waals surface area contributed by atoms with Crippen LogP contribution in [-0.4, -0.2) is 88.2 Å². The number of hydrogen-bond donors (Lipinski definition) is 3. The highest BCUT2D eigenvalue weighted by atomic mass is 32.1. The predicted octanol–water partition coefficient (Wildman–Crippen LogP) is 2.94. The maximum Gasteiger partial charge on any atom is 0.300 e. The Morgan fingerprint density at radius 3 is 2.30 bits per heavy atom. The van der Waals surface area contributed by atoms with Gasteiger partial charge in [0.2, 0.25) is 23.6 Å². The van der Waals surface area contributed by atoms with Crippen molar-refractivity contribution < 1.29 is 38.2 Å². The van der Waals surface area contributed by atoms with Gasteiger partial charge in [0, 0.05) is 17.8 Å². The zero-order valence-electron chi connectivity index (χ0n) is 30.4. The van der Waals surface area contributed by atoms with Crippen LogP contribution in [0.1, 0.15) is 63.8 Å². The van der Waals surface area contributed by atoms with E-state index in [9.17, 15) is 28.8 Å². The summed E-state index contributed by atoms with van der Waals surface area (Å²) in [4.78, 5) is 85.1.